The molecule has 1 amide bonds. The minimum Gasteiger partial charge on any atom is -0.342 e. The first-order chi connectivity index (χ1) is 12.6. The molecule has 1 aliphatic rings. The Hall–Kier alpha value is -1.67. The zero-order chi connectivity index (χ0) is 18.1. The first-order valence-electron chi connectivity index (χ1n) is 8.82. The van der Waals surface area contributed by atoms with Crippen molar-refractivity contribution in [3.8, 4) is 0 Å². The zero-order valence-electron chi connectivity index (χ0n) is 14.5. The minimum atomic E-state index is 0.131. The number of benzene rings is 1. The molecule has 6 nitrogen and oxygen atoms in total. The SMILES string of the molecule is CN(C(=O)CSc1nnc2c(n1)[nH]c1ccc(Br)cc12)C1CCCCC1. The fourth-order valence-electron chi connectivity index (χ4n) is 3.49. The molecule has 2 heterocycles. The average molecular weight is 434 g/mol. The number of nitrogens with one attached hydrogen (secondary N) is 1. The van der Waals surface area contributed by atoms with E-state index in [1.165, 1.54) is 31.0 Å². The first kappa shape index (κ1) is 17.7. The van der Waals surface area contributed by atoms with Crippen molar-refractivity contribution in [3.63, 3.8) is 0 Å². The molecule has 8 heteroatoms. The number of nitrogens with zero attached hydrogens (tertiary/aromatic N) is 4. The summed E-state index contributed by atoms with van der Waals surface area (Å²) >= 11 is 4.82. The number of H-pyrrole nitrogens is 1. The summed E-state index contributed by atoms with van der Waals surface area (Å²) in [5.41, 5.74) is 2.42. The number of hydrogen-bond acceptors (Lipinski definition) is 5. The highest BCUT2D eigenvalue weighted by Gasteiger charge is 2.22. The summed E-state index contributed by atoms with van der Waals surface area (Å²) in [6, 6.07) is 6.34. The fourth-order valence-corrected chi connectivity index (χ4v) is 4.56. The fraction of sp³-hybridized carbons (Fsp3) is 0.444. The van der Waals surface area contributed by atoms with Crippen molar-refractivity contribution in [1.82, 2.24) is 25.1 Å². The van der Waals surface area contributed by atoms with E-state index in [1.54, 1.807) is 0 Å². The molecular formula is C18H20BrN5OS. The molecule has 1 N–H and O–H groups in total. The van der Waals surface area contributed by atoms with Crippen LogP contribution in [0.25, 0.3) is 22.1 Å². The Morgan fingerprint density at radius 2 is 2.12 bits per heavy atom. The van der Waals surface area contributed by atoms with E-state index in [9.17, 15) is 4.79 Å². The molecule has 136 valence electrons. The van der Waals surface area contributed by atoms with Gasteiger partial charge in [-0.05, 0) is 31.0 Å². The molecule has 3 aromatic rings. The van der Waals surface area contributed by atoms with Crippen LogP contribution in [-0.4, -0.2) is 49.8 Å². The molecule has 0 unspecified atom stereocenters. The highest BCUT2D eigenvalue weighted by atomic mass is 79.9. The van der Waals surface area contributed by atoms with Crippen LogP contribution >= 0.6 is 27.7 Å². The molecule has 1 aromatic carbocycles. The van der Waals surface area contributed by atoms with Gasteiger partial charge in [0, 0.05) is 28.5 Å². The van der Waals surface area contributed by atoms with Crippen LogP contribution in [-0.2, 0) is 4.79 Å². The Morgan fingerprint density at radius 1 is 1.31 bits per heavy atom. The molecule has 1 fully saturated rings. The van der Waals surface area contributed by atoms with Gasteiger partial charge in [-0.1, -0.05) is 47.0 Å². The second kappa shape index (κ2) is 7.52. The van der Waals surface area contributed by atoms with E-state index in [0.29, 0.717) is 22.6 Å². The Balaban J connectivity index is 1.47. The lowest BCUT2D eigenvalue weighted by molar-refractivity contribution is -0.129. The third-order valence-electron chi connectivity index (χ3n) is 5.00. The van der Waals surface area contributed by atoms with Crippen molar-refractivity contribution in [2.75, 3.05) is 12.8 Å². The molecule has 1 aliphatic carbocycles. The second-order valence-corrected chi connectivity index (χ2v) is 8.55. The van der Waals surface area contributed by atoms with Gasteiger partial charge in [-0.3, -0.25) is 4.79 Å². The van der Waals surface area contributed by atoms with Crippen molar-refractivity contribution >= 4 is 55.7 Å². The highest BCUT2D eigenvalue weighted by molar-refractivity contribution is 9.10. The van der Waals surface area contributed by atoms with Crippen molar-refractivity contribution < 1.29 is 4.79 Å². The van der Waals surface area contributed by atoms with Crippen LogP contribution in [0.15, 0.2) is 27.8 Å². The average Bonchev–Trinajstić information content (AvgIpc) is 3.03. The van der Waals surface area contributed by atoms with Crippen LogP contribution in [0.3, 0.4) is 0 Å². The predicted molar refractivity (Wildman–Crippen MR) is 107 cm³/mol. The van der Waals surface area contributed by atoms with Gasteiger partial charge >= 0.3 is 0 Å². The maximum absolute atomic E-state index is 12.5. The molecule has 0 atom stereocenters. The standard InChI is InChI=1S/C18H20BrN5OS/c1-24(12-5-3-2-4-6-12)15(25)10-26-18-21-17-16(22-23-18)13-9-11(19)7-8-14(13)20-17/h7-9,12H,2-6,10H2,1H3,(H,20,21,23). The van der Waals surface area contributed by atoms with E-state index in [-0.39, 0.29) is 5.91 Å². The number of fused-ring (bicyclic) bond motifs is 3. The maximum atomic E-state index is 12.5. The zero-order valence-corrected chi connectivity index (χ0v) is 16.9. The van der Waals surface area contributed by atoms with Gasteiger partial charge in [0.1, 0.15) is 5.52 Å². The minimum absolute atomic E-state index is 0.131. The van der Waals surface area contributed by atoms with Crippen LogP contribution < -0.4 is 0 Å². The molecule has 0 spiro atoms. The predicted octanol–water partition coefficient (Wildman–Crippen LogP) is 4.15. The van der Waals surface area contributed by atoms with Crippen LogP contribution in [0, 0.1) is 0 Å². The molecule has 0 aliphatic heterocycles. The largest absolute Gasteiger partial charge is 0.342 e. The normalized spacial score (nSPS) is 15.6. The Kier molecular flexibility index (Phi) is 5.13. The molecule has 1 saturated carbocycles. The number of amides is 1. The van der Waals surface area contributed by atoms with Gasteiger partial charge in [-0.2, -0.15) is 0 Å². The van der Waals surface area contributed by atoms with Gasteiger partial charge in [-0.25, -0.2) is 4.98 Å². The summed E-state index contributed by atoms with van der Waals surface area (Å²) < 4.78 is 0.988. The van der Waals surface area contributed by atoms with Crippen LogP contribution in [0.2, 0.25) is 0 Å². The first-order valence-corrected chi connectivity index (χ1v) is 10.6. The number of aromatic amines is 1. The number of rotatable bonds is 4. The lowest BCUT2D eigenvalue weighted by Crippen LogP contribution is -2.39. The van der Waals surface area contributed by atoms with Gasteiger partial charge in [0.2, 0.25) is 11.1 Å². The van der Waals surface area contributed by atoms with Gasteiger partial charge in [0.15, 0.2) is 5.65 Å². The van der Waals surface area contributed by atoms with Gasteiger partial charge in [0.05, 0.1) is 5.75 Å². The molecule has 26 heavy (non-hydrogen) atoms. The van der Waals surface area contributed by atoms with E-state index in [1.807, 2.05) is 30.1 Å². The van der Waals surface area contributed by atoms with Crippen LogP contribution in [0.1, 0.15) is 32.1 Å². The summed E-state index contributed by atoms with van der Waals surface area (Å²) in [5, 5.41) is 10.0. The topological polar surface area (TPSA) is 74.8 Å². The summed E-state index contributed by atoms with van der Waals surface area (Å²) in [6.07, 6.45) is 5.95. The van der Waals surface area contributed by atoms with E-state index in [0.717, 1.165) is 33.7 Å². The maximum Gasteiger partial charge on any atom is 0.233 e. The Bertz CT molecular complexity index is 953. The smallest absolute Gasteiger partial charge is 0.233 e. The quantitative estimate of drug-likeness (QED) is 0.625. The van der Waals surface area contributed by atoms with Crippen molar-refractivity contribution in [2.45, 2.75) is 43.3 Å². The third kappa shape index (κ3) is 3.57. The third-order valence-corrected chi connectivity index (χ3v) is 6.31. The molecule has 0 bridgehead atoms. The van der Waals surface area contributed by atoms with E-state index in [2.05, 4.69) is 36.1 Å². The lowest BCUT2D eigenvalue weighted by Gasteiger charge is -2.31. The number of thioether (sulfide) groups is 1. The molecule has 0 saturated heterocycles. The van der Waals surface area contributed by atoms with Crippen LogP contribution in [0.4, 0.5) is 0 Å². The Labute approximate surface area is 164 Å². The molecule has 4 rings (SSSR count). The van der Waals surface area contributed by atoms with Crippen molar-refractivity contribution in [2.24, 2.45) is 0 Å². The monoisotopic (exact) mass is 433 g/mol. The van der Waals surface area contributed by atoms with E-state index in [4.69, 9.17) is 0 Å². The van der Waals surface area contributed by atoms with Crippen molar-refractivity contribution in [1.29, 1.82) is 0 Å². The lowest BCUT2D eigenvalue weighted by atomic mass is 9.94. The Morgan fingerprint density at radius 3 is 2.92 bits per heavy atom. The number of halogens is 1. The number of carbonyl (C=O) groups is 1. The van der Waals surface area contributed by atoms with Crippen LogP contribution in [0.5, 0.6) is 0 Å². The molecule has 0 radical (unpaired) electrons. The van der Waals surface area contributed by atoms with E-state index < -0.39 is 0 Å². The molecule has 2 aromatic heterocycles. The van der Waals surface area contributed by atoms with Gasteiger partial charge in [-0.15, -0.1) is 10.2 Å². The van der Waals surface area contributed by atoms with E-state index >= 15 is 0 Å². The van der Waals surface area contributed by atoms with Crippen molar-refractivity contribution in [3.05, 3.63) is 22.7 Å². The number of hydrogen-bond donors (Lipinski definition) is 1. The number of aromatic nitrogens is 4. The second-order valence-electron chi connectivity index (χ2n) is 6.69. The summed E-state index contributed by atoms with van der Waals surface area (Å²) in [4.78, 5) is 22.2. The number of carbonyl (C=O) groups excluding carboxylic acids is 1. The van der Waals surface area contributed by atoms with Gasteiger partial charge in [0.25, 0.3) is 0 Å². The summed E-state index contributed by atoms with van der Waals surface area (Å²) in [7, 11) is 1.91. The summed E-state index contributed by atoms with van der Waals surface area (Å²) in [6.45, 7) is 0. The van der Waals surface area contributed by atoms with Gasteiger partial charge < -0.3 is 9.88 Å². The summed E-state index contributed by atoms with van der Waals surface area (Å²) in [5.74, 6) is 0.470. The highest BCUT2D eigenvalue weighted by Crippen LogP contribution is 2.27. The molecular weight excluding hydrogens is 414 g/mol.